The van der Waals surface area contributed by atoms with Crippen LogP contribution in [-0.2, 0) is 0 Å². The molecule has 0 aliphatic heterocycles. The van der Waals surface area contributed by atoms with E-state index in [4.69, 9.17) is 16.6 Å². The van der Waals surface area contributed by atoms with Crippen LogP contribution >= 0.6 is 0 Å². The Bertz CT molecular complexity index is 295. The molecule has 0 aliphatic carbocycles. The van der Waals surface area contributed by atoms with E-state index in [0.29, 0.717) is 11.4 Å². The lowest BCUT2D eigenvalue weighted by molar-refractivity contribution is 0.475. The predicted octanol–water partition coefficient (Wildman–Crippen LogP) is 3.84. The maximum atomic E-state index is 8.70. The van der Waals surface area contributed by atoms with E-state index in [2.05, 4.69) is 19.7 Å². The summed E-state index contributed by atoms with van der Waals surface area (Å²) in [7, 11) is 0. The average Bonchev–Trinajstić information content (AvgIpc) is 2.38. The normalized spacial score (nSPS) is 7.72. The second-order valence-electron chi connectivity index (χ2n) is 2.67. The Morgan fingerprint density at radius 2 is 1.56 bits per heavy atom. The molecule has 0 atom stereocenters. The third-order valence-corrected chi connectivity index (χ3v) is 1.27. The summed E-state index contributed by atoms with van der Waals surface area (Å²) >= 11 is 0. The van der Waals surface area contributed by atoms with Crippen LogP contribution in [0.15, 0.2) is 61.9 Å². The zero-order chi connectivity index (χ0) is 15.0. The third kappa shape index (κ3) is 19.4. The van der Waals surface area contributed by atoms with Gasteiger partial charge < -0.3 is 16.6 Å². The summed E-state index contributed by atoms with van der Waals surface area (Å²) in [5.41, 5.74) is 11.7. The van der Waals surface area contributed by atoms with Crippen molar-refractivity contribution in [3.05, 3.63) is 61.9 Å². The van der Waals surface area contributed by atoms with Gasteiger partial charge in [-0.1, -0.05) is 26.5 Å². The minimum absolute atomic E-state index is 0.249. The molecule has 0 saturated heterocycles. The summed E-state index contributed by atoms with van der Waals surface area (Å²) in [5, 5.41) is 8.70. The van der Waals surface area contributed by atoms with Crippen LogP contribution in [0.4, 0.5) is 5.69 Å². The number of phenolic OH excluding ortho intramolecular Hbond substituents is 1. The molecule has 0 amide bonds. The van der Waals surface area contributed by atoms with Gasteiger partial charge in [-0.05, 0) is 37.3 Å². The number of nitrogen functional groups attached to an aromatic ring is 1. The zero-order valence-corrected chi connectivity index (χ0v) is 11.7. The molecule has 0 aliphatic rings. The van der Waals surface area contributed by atoms with Crippen molar-refractivity contribution in [1.29, 1.82) is 0 Å². The van der Waals surface area contributed by atoms with Gasteiger partial charge in [0.05, 0.1) is 0 Å². The number of hydrogen-bond donors (Lipinski definition) is 3. The lowest BCUT2D eigenvalue weighted by Crippen LogP contribution is -1.86. The van der Waals surface area contributed by atoms with E-state index in [1.165, 1.54) is 0 Å². The fourth-order valence-corrected chi connectivity index (χ4v) is 0.688. The molecule has 3 nitrogen and oxygen atoms in total. The monoisotopic (exact) mass is 250 g/mol. The molecule has 1 rings (SSSR count). The first-order valence-electron chi connectivity index (χ1n) is 5.68. The Morgan fingerprint density at radius 3 is 1.72 bits per heavy atom. The van der Waals surface area contributed by atoms with Gasteiger partial charge in [-0.15, -0.1) is 13.2 Å². The van der Waals surface area contributed by atoms with Crippen LogP contribution in [0.25, 0.3) is 0 Å². The molecular formula is C15H26N2O. The highest BCUT2D eigenvalue weighted by molar-refractivity contribution is 5.40. The quantitative estimate of drug-likeness (QED) is 0.307. The molecule has 1 aromatic carbocycles. The van der Waals surface area contributed by atoms with Crippen molar-refractivity contribution in [1.82, 2.24) is 0 Å². The molecule has 0 spiro atoms. The second kappa shape index (κ2) is 17.2. The van der Waals surface area contributed by atoms with Gasteiger partial charge >= 0.3 is 0 Å². The van der Waals surface area contributed by atoms with Crippen LogP contribution in [0.2, 0.25) is 0 Å². The summed E-state index contributed by atoms with van der Waals surface area (Å²) in [6.07, 6.45) is 3.60. The van der Waals surface area contributed by atoms with Gasteiger partial charge in [-0.3, -0.25) is 0 Å². The first-order valence-corrected chi connectivity index (χ1v) is 5.68. The smallest absolute Gasteiger partial charge is 0.115 e. The highest BCUT2D eigenvalue weighted by Gasteiger charge is 1.82. The second-order valence-corrected chi connectivity index (χ2v) is 2.67. The molecular weight excluding hydrogens is 224 g/mol. The minimum Gasteiger partial charge on any atom is -0.508 e. The van der Waals surface area contributed by atoms with Gasteiger partial charge in [0.2, 0.25) is 0 Å². The van der Waals surface area contributed by atoms with Crippen molar-refractivity contribution < 1.29 is 5.11 Å². The van der Waals surface area contributed by atoms with Gasteiger partial charge in [-0.25, -0.2) is 0 Å². The first-order chi connectivity index (χ1) is 8.56. The molecule has 102 valence electrons. The fraction of sp³-hybridized carbons (Fsp3) is 0.200. The summed E-state index contributed by atoms with van der Waals surface area (Å²) in [5.74, 6) is 0.249. The molecule has 0 unspecified atom stereocenters. The van der Waals surface area contributed by atoms with E-state index in [1.54, 1.807) is 30.3 Å². The van der Waals surface area contributed by atoms with E-state index in [9.17, 15) is 0 Å². The molecule has 0 bridgehead atoms. The molecule has 1 aromatic rings. The number of nitrogens with two attached hydrogens (primary N) is 2. The Kier molecular flexibility index (Phi) is 20.3. The fourth-order valence-electron chi connectivity index (χ4n) is 0.688. The third-order valence-electron chi connectivity index (χ3n) is 1.27. The van der Waals surface area contributed by atoms with Crippen LogP contribution in [0.1, 0.15) is 20.8 Å². The molecule has 0 aromatic heterocycles. The lowest BCUT2D eigenvalue weighted by Gasteiger charge is -1.89. The summed E-state index contributed by atoms with van der Waals surface area (Å²) in [6, 6.07) is 6.40. The molecule has 0 saturated carbocycles. The molecule has 0 heterocycles. The number of allylic oxidation sites excluding steroid dienone is 2. The van der Waals surface area contributed by atoms with Gasteiger partial charge in [0, 0.05) is 11.4 Å². The number of hydrogen-bond acceptors (Lipinski definition) is 3. The average molecular weight is 250 g/mol. The van der Waals surface area contributed by atoms with Gasteiger partial charge in [0.1, 0.15) is 5.75 Å². The molecule has 18 heavy (non-hydrogen) atoms. The Balaban J connectivity index is -0.000000201. The highest BCUT2D eigenvalue weighted by atomic mass is 16.3. The number of benzene rings is 1. The number of phenols is 1. The van der Waals surface area contributed by atoms with E-state index < -0.39 is 0 Å². The molecule has 3 heteroatoms. The van der Waals surface area contributed by atoms with Crippen molar-refractivity contribution in [2.24, 2.45) is 5.73 Å². The van der Waals surface area contributed by atoms with Crippen LogP contribution in [0.3, 0.4) is 0 Å². The van der Waals surface area contributed by atoms with E-state index in [1.807, 2.05) is 26.8 Å². The number of rotatable bonds is 1. The maximum Gasteiger partial charge on any atom is 0.115 e. The highest BCUT2D eigenvalue weighted by Crippen LogP contribution is 2.09. The Morgan fingerprint density at radius 1 is 1.17 bits per heavy atom. The lowest BCUT2D eigenvalue weighted by atomic mass is 10.3. The van der Waals surface area contributed by atoms with Crippen LogP contribution in [0, 0.1) is 0 Å². The summed E-state index contributed by atoms with van der Waals surface area (Å²) in [6.45, 7) is 15.3. The van der Waals surface area contributed by atoms with Gasteiger partial charge in [0.25, 0.3) is 0 Å². The Hall–Kier alpha value is -2.16. The molecule has 5 N–H and O–H groups in total. The van der Waals surface area contributed by atoms with Crippen LogP contribution < -0.4 is 11.5 Å². The first kappa shape index (κ1) is 21.2. The molecule has 0 fully saturated rings. The van der Waals surface area contributed by atoms with Crippen LogP contribution in [-0.4, -0.2) is 5.11 Å². The Labute approximate surface area is 111 Å². The van der Waals surface area contributed by atoms with Crippen molar-refractivity contribution in [3.63, 3.8) is 0 Å². The van der Waals surface area contributed by atoms with E-state index >= 15 is 0 Å². The predicted molar refractivity (Wildman–Crippen MR) is 83.3 cm³/mol. The van der Waals surface area contributed by atoms with Crippen LogP contribution in [0.5, 0.6) is 5.75 Å². The van der Waals surface area contributed by atoms with Crippen molar-refractivity contribution in [2.45, 2.75) is 20.8 Å². The van der Waals surface area contributed by atoms with Gasteiger partial charge in [-0.2, -0.15) is 0 Å². The zero-order valence-electron chi connectivity index (χ0n) is 11.7. The topological polar surface area (TPSA) is 72.3 Å². The largest absolute Gasteiger partial charge is 0.508 e. The summed E-state index contributed by atoms with van der Waals surface area (Å²) < 4.78 is 0. The molecule has 0 radical (unpaired) electrons. The van der Waals surface area contributed by atoms with E-state index in [0.717, 1.165) is 0 Å². The number of aromatic hydroxyl groups is 1. The number of anilines is 1. The van der Waals surface area contributed by atoms with Gasteiger partial charge in [0.15, 0.2) is 0 Å². The SMILES string of the molecule is C=C.C=C(N)/C=C\C.CC.Nc1ccc(O)cc1. The van der Waals surface area contributed by atoms with E-state index in [-0.39, 0.29) is 5.75 Å². The standard InChI is InChI=1S/C6H7NO.C5H9N.C2H6.C2H4/c7-5-1-3-6(8)4-2-5;1-3-4-5(2)6;2*1-2/h1-4,8H,7H2;3-4H,2,6H2,1H3;1-2H3;1-2H2/b;4-3-;;. The summed E-state index contributed by atoms with van der Waals surface area (Å²) in [4.78, 5) is 0. The minimum atomic E-state index is 0.249. The maximum absolute atomic E-state index is 8.70. The van der Waals surface area contributed by atoms with Crippen molar-refractivity contribution >= 4 is 5.69 Å². The van der Waals surface area contributed by atoms with Crippen molar-refractivity contribution in [3.8, 4) is 5.75 Å². The van der Waals surface area contributed by atoms with Crippen molar-refractivity contribution in [2.75, 3.05) is 5.73 Å².